The van der Waals surface area contributed by atoms with Gasteiger partial charge in [0.05, 0.1) is 12.7 Å². The highest BCUT2D eigenvalue weighted by molar-refractivity contribution is 9.10. The van der Waals surface area contributed by atoms with Gasteiger partial charge < -0.3 is 9.84 Å². The summed E-state index contributed by atoms with van der Waals surface area (Å²) in [6, 6.07) is 3.86. The molecule has 0 atom stereocenters. The molecule has 0 bridgehead atoms. The molecule has 0 aliphatic carbocycles. The Kier molecular flexibility index (Phi) is 3.96. The first-order chi connectivity index (χ1) is 6.54. The first-order valence-electron chi connectivity index (χ1n) is 4.61. The van der Waals surface area contributed by atoms with Crippen LogP contribution in [0.2, 0.25) is 0 Å². The number of halogens is 1. The van der Waals surface area contributed by atoms with Crippen molar-refractivity contribution in [3.63, 3.8) is 0 Å². The quantitative estimate of drug-likeness (QED) is 0.904. The van der Waals surface area contributed by atoms with E-state index in [4.69, 9.17) is 4.74 Å². The lowest BCUT2D eigenvalue weighted by Crippen LogP contribution is -2.09. The molecule has 0 aromatic heterocycles. The fourth-order valence-corrected chi connectivity index (χ4v) is 1.94. The van der Waals surface area contributed by atoms with Crippen LogP contribution >= 0.6 is 15.9 Å². The molecule has 14 heavy (non-hydrogen) atoms. The van der Waals surface area contributed by atoms with Crippen LogP contribution in [0.1, 0.15) is 25.0 Å². The van der Waals surface area contributed by atoms with Crippen LogP contribution in [-0.2, 0) is 6.61 Å². The Morgan fingerprint density at radius 1 is 1.43 bits per heavy atom. The summed E-state index contributed by atoms with van der Waals surface area (Å²) in [6.45, 7) is 5.93. The largest absolute Gasteiger partial charge is 0.490 e. The summed E-state index contributed by atoms with van der Waals surface area (Å²) in [4.78, 5) is 0. The molecule has 0 saturated heterocycles. The minimum absolute atomic E-state index is 0.00231. The van der Waals surface area contributed by atoms with Crippen LogP contribution in [0.25, 0.3) is 0 Å². The van der Waals surface area contributed by atoms with E-state index < -0.39 is 0 Å². The Morgan fingerprint density at radius 3 is 2.57 bits per heavy atom. The van der Waals surface area contributed by atoms with E-state index in [1.54, 1.807) is 0 Å². The van der Waals surface area contributed by atoms with Gasteiger partial charge >= 0.3 is 0 Å². The lowest BCUT2D eigenvalue weighted by atomic mass is 10.1. The van der Waals surface area contributed by atoms with Crippen LogP contribution in [0, 0.1) is 6.92 Å². The summed E-state index contributed by atoms with van der Waals surface area (Å²) in [5.74, 6) is 0.797. The Hall–Kier alpha value is -0.540. The van der Waals surface area contributed by atoms with E-state index >= 15 is 0 Å². The predicted octanol–water partition coefficient (Wildman–Crippen LogP) is 3.04. The highest BCUT2D eigenvalue weighted by Crippen LogP contribution is 2.28. The standard InChI is InChI=1S/C11H15BrO2/c1-7(2)14-11-8(3)4-10(12)5-9(11)6-13/h4-5,7,13H,6H2,1-3H3. The monoisotopic (exact) mass is 258 g/mol. The molecule has 0 aliphatic rings. The van der Waals surface area contributed by atoms with Gasteiger partial charge in [0, 0.05) is 10.0 Å². The molecule has 0 unspecified atom stereocenters. The molecule has 0 amide bonds. The van der Waals surface area contributed by atoms with Crippen molar-refractivity contribution in [3.05, 3.63) is 27.7 Å². The smallest absolute Gasteiger partial charge is 0.128 e. The Labute approximate surface area is 93.0 Å². The maximum Gasteiger partial charge on any atom is 0.128 e. The molecule has 3 heteroatoms. The molecule has 2 nitrogen and oxygen atoms in total. The number of benzene rings is 1. The van der Waals surface area contributed by atoms with Crippen molar-refractivity contribution in [1.29, 1.82) is 0 Å². The number of aryl methyl sites for hydroxylation is 1. The number of aliphatic hydroxyl groups is 1. The molecular formula is C11H15BrO2. The lowest BCUT2D eigenvalue weighted by Gasteiger charge is -2.16. The molecule has 0 aliphatic heterocycles. The van der Waals surface area contributed by atoms with Crippen molar-refractivity contribution < 1.29 is 9.84 Å². The highest BCUT2D eigenvalue weighted by atomic mass is 79.9. The van der Waals surface area contributed by atoms with E-state index in [-0.39, 0.29) is 12.7 Å². The van der Waals surface area contributed by atoms with Crippen LogP contribution < -0.4 is 4.74 Å². The van der Waals surface area contributed by atoms with Gasteiger partial charge in [-0.1, -0.05) is 15.9 Å². The molecule has 0 fully saturated rings. The number of aliphatic hydroxyl groups excluding tert-OH is 1. The van der Waals surface area contributed by atoms with Crippen molar-refractivity contribution in [3.8, 4) is 5.75 Å². The number of rotatable bonds is 3. The summed E-state index contributed by atoms with van der Waals surface area (Å²) in [6.07, 6.45) is 0.125. The summed E-state index contributed by atoms with van der Waals surface area (Å²) in [5, 5.41) is 9.18. The SMILES string of the molecule is Cc1cc(Br)cc(CO)c1OC(C)C. The molecule has 78 valence electrons. The zero-order valence-corrected chi connectivity index (χ0v) is 10.3. The van der Waals surface area contributed by atoms with Gasteiger partial charge in [-0.2, -0.15) is 0 Å². The molecule has 0 heterocycles. The van der Waals surface area contributed by atoms with Crippen LogP contribution in [0.4, 0.5) is 0 Å². The van der Waals surface area contributed by atoms with Gasteiger partial charge in [0.2, 0.25) is 0 Å². The summed E-state index contributed by atoms with van der Waals surface area (Å²) in [7, 11) is 0. The number of hydrogen-bond donors (Lipinski definition) is 1. The Bertz CT molecular complexity index is 321. The van der Waals surface area contributed by atoms with Crippen LogP contribution in [0.5, 0.6) is 5.75 Å². The molecular weight excluding hydrogens is 244 g/mol. The van der Waals surface area contributed by atoms with E-state index in [0.717, 1.165) is 21.3 Å². The van der Waals surface area contributed by atoms with Gasteiger partial charge in [0.1, 0.15) is 5.75 Å². The Balaban J connectivity index is 3.11. The first-order valence-corrected chi connectivity index (χ1v) is 5.40. The maximum atomic E-state index is 9.18. The molecule has 1 N–H and O–H groups in total. The molecule has 1 aromatic carbocycles. The summed E-state index contributed by atoms with van der Waals surface area (Å²) >= 11 is 3.39. The second-order valence-electron chi connectivity index (χ2n) is 3.54. The maximum absolute atomic E-state index is 9.18. The van der Waals surface area contributed by atoms with Crippen molar-refractivity contribution in [2.75, 3.05) is 0 Å². The number of hydrogen-bond acceptors (Lipinski definition) is 2. The second-order valence-corrected chi connectivity index (χ2v) is 4.45. The highest BCUT2D eigenvalue weighted by Gasteiger charge is 2.09. The minimum Gasteiger partial charge on any atom is -0.490 e. The van der Waals surface area contributed by atoms with Gasteiger partial charge in [-0.25, -0.2) is 0 Å². The molecule has 0 saturated carbocycles. The van der Waals surface area contributed by atoms with Gasteiger partial charge in [-0.15, -0.1) is 0 Å². The first kappa shape index (κ1) is 11.5. The lowest BCUT2D eigenvalue weighted by molar-refractivity contribution is 0.224. The van der Waals surface area contributed by atoms with Gasteiger partial charge in [-0.05, 0) is 38.5 Å². The zero-order valence-electron chi connectivity index (χ0n) is 8.67. The fraction of sp³-hybridized carbons (Fsp3) is 0.455. The molecule has 1 rings (SSSR count). The summed E-state index contributed by atoms with van der Waals surface area (Å²) in [5.41, 5.74) is 1.86. The van der Waals surface area contributed by atoms with Crippen molar-refractivity contribution >= 4 is 15.9 Å². The van der Waals surface area contributed by atoms with E-state index in [1.807, 2.05) is 32.9 Å². The minimum atomic E-state index is 0.00231. The third kappa shape index (κ3) is 2.72. The van der Waals surface area contributed by atoms with Crippen LogP contribution in [-0.4, -0.2) is 11.2 Å². The number of ether oxygens (including phenoxy) is 1. The average Bonchev–Trinajstić information content (AvgIpc) is 2.08. The van der Waals surface area contributed by atoms with Crippen molar-refractivity contribution in [2.24, 2.45) is 0 Å². The Morgan fingerprint density at radius 2 is 2.07 bits per heavy atom. The van der Waals surface area contributed by atoms with Crippen LogP contribution in [0.15, 0.2) is 16.6 Å². The van der Waals surface area contributed by atoms with Crippen molar-refractivity contribution in [2.45, 2.75) is 33.5 Å². The van der Waals surface area contributed by atoms with E-state index in [9.17, 15) is 5.11 Å². The van der Waals surface area contributed by atoms with E-state index in [2.05, 4.69) is 15.9 Å². The molecule has 0 spiro atoms. The van der Waals surface area contributed by atoms with Crippen molar-refractivity contribution in [1.82, 2.24) is 0 Å². The molecule has 1 aromatic rings. The van der Waals surface area contributed by atoms with Gasteiger partial charge in [0.15, 0.2) is 0 Å². The van der Waals surface area contributed by atoms with E-state index in [0.29, 0.717) is 0 Å². The third-order valence-electron chi connectivity index (χ3n) is 1.84. The van der Waals surface area contributed by atoms with E-state index in [1.165, 1.54) is 0 Å². The molecule has 0 radical (unpaired) electrons. The summed E-state index contributed by atoms with van der Waals surface area (Å²) < 4.78 is 6.61. The topological polar surface area (TPSA) is 29.5 Å². The fourth-order valence-electron chi connectivity index (χ4n) is 1.32. The zero-order chi connectivity index (χ0) is 10.7. The van der Waals surface area contributed by atoms with Gasteiger partial charge in [0.25, 0.3) is 0 Å². The third-order valence-corrected chi connectivity index (χ3v) is 2.30. The second kappa shape index (κ2) is 4.80. The average molecular weight is 259 g/mol. The predicted molar refractivity (Wildman–Crippen MR) is 60.6 cm³/mol. The van der Waals surface area contributed by atoms with Gasteiger partial charge in [-0.3, -0.25) is 0 Å². The van der Waals surface area contributed by atoms with Crippen LogP contribution in [0.3, 0.4) is 0 Å². The normalized spacial score (nSPS) is 10.7.